The molecular formula is C14H19N3O3. The summed E-state index contributed by atoms with van der Waals surface area (Å²) in [5.41, 5.74) is 0.779. The third-order valence-corrected chi connectivity index (χ3v) is 3.35. The van der Waals surface area contributed by atoms with E-state index in [1.54, 1.807) is 12.1 Å². The molecule has 1 fully saturated rings. The van der Waals surface area contributed by atoms with Gasteiger partial charge in [0.2, 0.25) is 0 Å². The third-order valence-electron chi connectivity index (χ3n) is 3.35. The second-order valence-corrected chi connectivity index (χ2v) is 5.08. The summed E-state index contributed by atoms with van der Waals surface area (Å²) in [5.74, 6) is -0.980. The molecule has 1 aliphatic heterocycles. The van der Waals surface area contributed by atoms with Gasteiger partial charge in [-0.2, -0.15) is 0 Å². The van der Waals surface area contributed by atoms with E-state index in [2.05, 4.69) is 15.5 Å². The molecule has 0 aliphatic carbocycles. The second kappa shape index (κ2) is 6.38. The molecular weight excluding hydrogens is 258 g/mol. The van der Waals surface area contributed by atoms with Gasteiger partial charge in [-0.1, -0.05) is 0 Å². The van der Waals surface area contributed by atoms with Crippen LogP contribution in [0, 0.1) is 0 Å². The smallest absolute Gasteiger partial charge is 0.335 e. The average molecular weight is 277 g/mol. The van der Waals surface area contributed by atoms with Crippen molar-refractivity contribution >= 4 is 17.7 Å². The van der Waals surface area contributed by atoms with Gasteiger partial charge >= 0.3 is 12.0 Å². The van der Waals surface area contributed by atoms with E-state index in [1.807, 2.05) is 7.05 Å². The quantitative estimate of drug-likeness (QED) is 0.784. The number of carbonyl (C=O) groups is 2. The zero-order chi connectivity index (χ0) is 14.5. The lowest BCUT2D eigenvalue weighted by Crippen LogP contribution is -2.47. The first-order valence-electron chi connectivity index (χ1n) is 6.64. The van der Waals surface area contributed by atoms with Gasteiger partial charge in [0.15, 0.2) is 0 Å². The summed E-state index contributed by atoms with van der Waals surface area (Å²) in [6.45, 7) is 1.92. The van der Waals surface area contributed by atoms with E-state index in [-0.39, 0.29) is 17.6 Å². The number of likely N-dealkylation sites (tertiary alicyclic amines) is 1. The minimum absolute atomic E-state index is 0.159. The summed E-state index contributed by atoms with van der Waals surface area (Å²) >= 11 is 0. The maximum absolute atomic E-state index is 11.8. The molecule has 0 aromatic heterocycles. The third kappa shape index (κ3) is 3.96. The van der Waals surface area contributed by atoms with E-state index < -0.39 is 5.97 Å². The Kier molecular flexibility index (Phi) is 4.57. The Hall–Kier alpha value is -2.08. The van der Waals surface area contributed by atoms with Crippen molar-refractivity contribution in [3.63, 3.8) is 0 Å². The van der Waals surface area contributed by atoms with Crippen molar-refractivity contribution in [1.82, 2.24) is 10.2 Å². The van der Waals surface area contributed by atoms with Gasteiger partial charge in [0.05, 0.1) is 5.56 Å². The van der Waals surface area contributed by atoms with E-state index in [4.69, 9.17) is 5.11 Å². The highest BCUT2D eigenvalue weighted by Crippen LogP contribution is 2.11. The van der Waals surface area contributed by atoms with Gasteiger partial charge in [0, 0.05) is 18.3 Å². The molecule has 108 valence electrons. The molecule has 1 unspecified atom stereocenters. The number of nitrogens with zero attached hydrogens (tertiary/aromatic N) is 1. The number of benzene rings is 1. The number of carboxylic acid groups (broad SMARTS) is 1. The fraction of sp³-hybridized carbons (Fsp3) is 0.429. The van der Waals surface area contributed by atoms with Crippen LogP contribution in [0.15, 0.2) is 24.3 Å². The lowest BCUT2D eigenvalue weighted by atomic mass is 10.1. The maximum atomic E-state index is 11.8. The van der Waals surface area contributed by atoms with Crippen molar-refractivity contribution in [2.75, 3.05) is 25.5 Å². The first-order chi connectivity index (χ1) is 9.54. The van der Waals surface area contributed by atoms with Gasteiger partial charge in [-0.15, -0.1) is 0 Å². The van der Waals surface area contributed by atoms with Gasteiger partial charge in [0.1, 0.15) is 0 Å². The molecule has 6 nitrogen and oxygen atoms in total. The number of carbonyl (C=O) groups excluding carboxylic acids is 1. The first-order valence-corrected chi connectivity index (χ1v) is 6.64. The molecule has 1 atom stereocenters. The second-order valence-electron chi connectivity index (χ2n) is 5.08. The highest BCUT2D eigenvalue weighted by Gasteiger charge is 2.18. The number of hydrogen-bond donors (Lipinski definition) is 3. The Morgan fingerprint density at radius 1 is 1.30 bits per heavy atom. The lowest BCUT2D eigenvalue weighted by Gasteiger charge is -2.30. The molecule has 1 aromatic rings. The van der Waals surface area contributed by atoms with Gasteiger partial charge in [-0.05, 0) is 50.7 Å². The van der Waals surface area contributed by atoms with E-state index in [1.165, 1.54) is 12.1 Å². The van der Waals surface area contributed by atoms with Crippen molar-refractivity contribution in [1.29, 1.82) is 0 Å². The van der Waals surface area contributed by atoms with Crippen LogP contribution in [0.5, 0.6) is 0 Å². The number of hydrogen-bond acceptors (Lipinski definition) is 3. The van der Waals surface area contributed by atoms with Crippen LogP contribution >= 0.6 is 0 Å². The Morgan fingerprint density at radius 3 is 2.60 bits per heavy atom. The van der Waals surface area contributed by atoms with Crippen LogP contribution < -0.4 is 10.6 Å². The number of likely N-dealkylation sites (N-methyl/N-ethyl adjacent to an activating group) is 1. The highest BCUT2D eigenvalue weighted by atomic mass is 16.4. The molecule has 3 N–H and O–H groups in total. The van der Waals surface area contributed by atoms with Crippen LogP contribution in [0.2, 0.25) is 0 Å². The zero-order valence-electron chi connectivity index (χ0n) is 11.4. The van der Waals surface area contributed by atoms with Gasteiger partial charge in [-0.3, -0.25) is 0 Å². The van der Waals surface area contributed by atoms with Crippen molar-refractivity contribution in [2.24, 2.45) is 0 Å². The molecule has 0 spiro atoms. The molecule has 1 aliphatic rings. The Labute approximate surface area is 117 Å². The highest BCUT2D eigenvalue weighted by molar-refractivity contribution is 5.91. The first kappa shape index (κ1) is 14.3. The topological polar surface area (TPSA) is 81.7 Å². The normalized spacial score (nSPS) is 19.4. The number of carboxylic acids is 1. The van der Waals surface area contributed by atoms with E-state index in [9.17, 15) is 9.59 Å². The molecule has 1 heterocycles. The SMILES string of the molecule is CN1CCCC(NC(=O)Nc2ccc(C(=O)O)cc2)C1. The number of urea groups is 1. The van der Waals surface area contributed by atoms with E-state index in [0.29, 0.717) is 5.69 Å². The summed E-state index contributed by atoms with van der Waals surface area (Å²) in [4.78, 5) is 24.8. The Bertz CT molecular complexity index is 487. The minimum Gasteiger partial charge on any atom is -0.478 e. The van der Waals surface area contributed by atoms with Gasteiger partial charge in [-0.25, -0.2) is 9.59 Å². The summed E-state index contributed by atoms with van der Waals surface area (Å²) in [6, 6.07) is 5.99. The van der Waals surface area contributed by atoms with Gasteiger partial charge < -0.3 is 20.6 Å². The monoisotopic (exact) mass is 277 g/mol. The van der Waals surface area contributed by atoms with Crippen molar-refractivity contribution < 1.29 is 14.7 Å². The standard InChI is InChI=1S/C14H19N3O3/c1-17-8-2-3-12(9-17)16-14(20)15-11-6-4-10(5-7-11)13(18)19/h4-7,12H,2-3,8-9H2,1H3,(H,18,19)(H2,15,16,20). The molecule has 1 saturated heterocycles. The minimum atomic E-state index is -0.980. The molecule has 2 rings (SSSR count). The van der Waals surface area contributed by atoms with E-state index in [0.717, 1.165) is 25.9 Å². The molecule has 0 bridgehead atoms. The fourth-order valence-electron chi connectivity index (χ4n) is 2.33. The number of aromatic carboxylic acids is 1. The number of piperidine rings is 1. The molecule has 2 amide bonds. The number of anilines is 1. The van der Waals surface area contributed by atoms with Crippen molar-refractivity contribution in [3.05, 3.63) is 29.8 Å². The van der Waals surface area contributed by atoms with E-state index >= 15 is 0 Å². The van der Waals surface area contributed by atoms with Crippen LogP contribution in [0.1, 0.15) is 23.2 Å². The lowest BCUT2D eigenvalue weighted by molar-refractivity contribution is 0.0697. The van der Waals surface area contributed by atoms with Crippen LogP contribution in [0.25, 0.3) is 0 Å². The molecule has 6 heteroatoms. The van der Waals surface area contributed by atoms with Gasteiger partial charge in [0.25, 0.3) is 0 Å². The summed E-state index contributed by atoms with van der Waals surface area (Å²) in [7, 11) is 2.04. The predicted molar refractivity (Wildman–Crippen MR) is 76.1 cm³/mol. The Balaban J connectivity index is 1.86. The largest absolute Gasteiger partial charge is 0.478 e. The summed E-state index contributed by atoms with van der Waals surface area (Å²) < 4.78 is 0. The summed E-state index contributed by atoms with van der Waals surface area (Å²) in [6.07, 6.45) is 2.06. The predicted octanol–water partition coefficient (Wildman–Crippen LogP) is 1.60. The summed E-state index contributed by atoms with van der Waals surface area (Å²) in [5, 5.41) is 14.4. The van der Waals surface area contributed by atoms with Crippen LogP contribution in [0.3, 0.4) is 0 Å². The van der Waals surface area contributed by atoms with Crippen LogP contribution in [-0.2, 0) is 0 Å². The zero-order valence-corrected chi connectivity index (χ0v) is 11.4. The van der Waals surface area contributed by atoms with Crippen molar-refractivity contribution in [3.8, 4) is 0 Å². The van der Waals surface area contributed by atoms with Crippen LogP contribution in [-0.4, -0.2) is 48.2 Å². The molecule has 0 radical (unpaired) electrons. The number of rotatable bonds is 3. The Morgan fingerprint density at radius 2 is 2.00 bits per heavy atom. The van der Waals surface area contributed by atoms with Crippen LogP contribution in [0.4, 0.5) is 10.5 Å². The molecule has 0 saturated carbocycles. The molecule has 20 heavy (non-hydrogen) atoms. The number of amides is 2. The van der Waals surface area contributed by atoms with Crippen molar-refractivity contribution in [2.45, 2.75) is 18.9 Å². The fourth-order valence-corrected chi connectivity index (χ4v) is 2.33. The molecule has 1 aromatic carbocycles. The maximum Gasteiger partial charge on any atom is 0.335 e. The number of nitrogens with one attached hydrogen (secondary N) is 2. The average Bonchev–Trinajstić information content (AvgIpc) is 2.39.